The maximum Gasteiger partial charge on any atom is 0.326 e. The fraction of sp³-hybridized carbons (Fsp3) is 0.543. The number of nitro benzene ring substituents is 2. The molecular weight excluding hydrogens is 840 g/mol. The molecule has 0 aliphatic carbocycles. The molecule has 1 aromatic carbocycles. The van der Waals surface area contributed by atoms with Gasteiger partial charge in [-0.25, -0.2) is 4.79 Å². The van der Waals surface area contributed by atoms with Crippen molar-refractivity contribution >= 4 is 76.2 Å². The summed E-state index contributed by atoms with van der Waals surface area (Å²) in [5, 5.41) is 48.8. The molecule has 63 heavy (non-hydrogen) atoms. The van der Waals surface area contributed by atoms with E-state index in [0.29, 0.717) is 12.5 Å². The highest BCUT2D eigenvalue weighted by molar-refractivity contribution is 5.96. The third-order valence-corrected chi connectivity index (χ3v) is 9.02. The second-order valence-electron chi connectivity index (χ2n) is 14.0. The zero-order chi connectivity index (χ0) is 48.0. The van der Waals surface area contributed by atoms with Crippen molar-refractivity contribution in [1.82, 2.24) is 31.9 Å². The highest BCUT2D eigenvalue weighted by Crippen LogP contribution is 2.30. The van der Waals surface area contributed by atoms with Gasteiger partial charge in [-0.05, 0) is 44.6 Å². The minimum absolute atomic E-state index is 0.0737. The Morgan fingerprint density at radius 2 is 1.29 bits per heavy atom. The van der Waals surface area contributed by atoms with Gasteiger partial charge in [0.2, 0.25) is 47.3 Å². The summed E-state index contributed by atoms with van der Waals surface area (Å²) in [6.07, 6.45) is -0.955. The third kappa shape index (κ3) is 20.0. The van der Waals surface area contributed by atoms with Crippen LogP contribution in [0.2, 0.25) is 0 Å². The summed E-state index contributed by atoms with van der Waals surface area (Å²) >= 11 is 0. The van der Waals surface area contributed by atoms with Crippen molar-refractivity contribution in [2.75, 3.05) is 25.0 Å². The van der Waals surface area contributed by atoms with E-state index in [9.17, 15) is 68.5 Å². The van der Waals surface area contributed by atoms with E-state index in [-0.39, 0.29) is 56.7 Å². The number of aliphatic carboxylic acids is 1. The Kier molecular flexibility index (Phi) is 22.4. The molecular formula is C35H54N14O14. The van der Waals surface area contributed by atoms with Crippen LogP contribution >= 0.6 is 0 Å². The largest absolute Gasteiger partial charge is 0.480 e. The molecule has 348 valence electrons. The fourth-order valence-electron chi connectivity index (χ4n) is 5.39. The van der Waals surface area contributed by atoms with E-state index in [0.717, 1.165) is 12.1 Å². The predicted octanol–water partition coefficient (Wildman–Crippen LogP) is -3.81. The number of nitrogens with two attached hydrogens (primary N) is 4. The van der Waals surface area contributed by atoms with Crippen LogP contribution in [-0.2, 0) is 43.2 Å². The molecule has 28 nitrogen and oxygen atoms in total. The summed E-state index contributed by atoms with van der Waals surface area (Å²) in [6, 6.07) is -4.23. The minimum atomic E-state index is -1.45. The van der Waals surface area contributed by atoms with Crippen molar-refractivity contribution in [2.45, 2.75) is 95.9 Å². The van der Waals surface area contributed by atoms with E-state index in [1.54, 1.807) is 13.8 Å². The van der Waals surface area contributed by atoms with Crippen LogP contribution in [0.15, 0.2) is 23.2 Å². The lowest BCUT2D eigenvalue weighted by molar-refractivity contribution is -0.393. The molecule has 0 aliphatic heterocycles. The molecule has 1 aromatic rings. The van der Waals surface area contributed by atoms with Crippen LogP contribution in [0.5, 0.6) is 0 Å². The molecule has 0 heterocycles. The maximum atomic E-state index is 13.3. The number of benzene rings is 1. The Morgan fingerprint density at radius 1 is 0.714 bits per heavy atom. The number of hydrogen-bond acceptors (Lipinski definition) is 15. The number of carboxylic acids is 1. The van der Waals surface area contributed by atoms with Crippen LogP contribution in [0.4, 0.5) is 17.1 Å². The van der Waals surface area contributed by atoms with Crippen molar-refractivity contribution < 1.29 is 58.1 Å². The monoisotopic (exact) mass is 894 g/mol. The number of guanidine groups is 1. The lowest BCUT2D eigenvalue weighted by atomic mass is 9.98. The molecule has 8 amide bonds. The third-order valence-electron chi connectivity index (χ3n) is 9.02. The summed E-state index contributed by atoms with van der Waals surface area (Å²) in [5.74, 6) is -9.23. The van der Waals surface area contributed by atoms with Crippen LogP contribution in [0, 0.1) is 26.1 Å². The summed E-state index contributed by atoms with van der Waals surface area (Å²) < 4.78 is 0. The van der Waals surface area contributed by atoms with Crippen molar-refractivity contribution in [3.05, 3.63) is 38.4 Å². The molecule has 16 N–H and O–H groups in total. The van der Waals surface area contributed by atoms with Gasteiger partial charge in [-0.2, -0.15) is 0 Å². The quantitative estimate of drug-likeness (QED) is 0.0121. The van der Waals surface area contributed by atoms with Crippen molar-refractivity contribution in [2.24, 2.45) is 33.8 Å². The number of carboxylic acid groups (broad SMARTS) is 1. The Labute approximate surface area is 359 Å². The van der Waals surface area contributed by atoms with Gasteiger partial charge in [-0.1, -0.05) is 20.3 Å². The summed E-state index contributed by atoms with van der Waals surface area (Å²) in [7, 11) is 0. The zero-order valence-corrected chi connectivity index (χ0v) is 34.7. The smallest absolute Gasteiger partial charge is 0.326 e. The van der Waals surface area contributed by atoms with Gasteiger partial charge in [0.05, 0.1) is 29.0 Å². The number of carbonyl (C=O) groups is 9. The van der Waals surface area contributed by atoms with Gasteiger partial charge in [-0.3, -0.25) is 63.6 Å². The van der Waals surface area contributed by atoms with E-state index < -0.39 is 124 Å². The molecule has 0 aromatic heterocycles. The molecule has 6 atom stereocenters. The maximum absolute atomic E-state index is 13.3. The zero-order valence-electron chi connectivity index (χ0n) is 34.7. The topological polar surface area (TPSA) is 461 Å². The highest BCUT2D eigenvalue weighted by atomic mass is 16.6. The summed E-state index contributed by atoms with van der Waals surface area (Å²) in [6.45, 7) is 3.17. The lowest BCUT2D eigenvalue weighted by Crippen LogP contribution is -2.57. The van der Waals surface area contributed by atoms with E-state index >= 15 is 0 Å². The molecule has 0 bridgehead atoms. The highest BCUT2D eigenvalue weighted by Gasteiger charge is 2.31. The minimum Gasteiger partial charge on any atom is -0.480 e. The average molecular weight is 895 g/mol. The van der Waals surface area contributed by atoms with Gasteiger partial charge in [0.1, 0.15) is 35.9 Å². The molecule has 0 unspecified atom stereocenters. The van der Waals surface area contributed by atoms with Crippen molar-refractivity contribution in [3.63, 3.8) is 0 Å². The van der Waals surface area contributed by atoms with Crippen LogP contribution in [0.1, 0.15) is 65.7 Å². The molecule has 0 radical (unpaired) electrons. The molecule has 0 aliphatic rings. The molecule has 0 saturated carbocycles. The van der Waals surface area contributed by atoms with Crippen molar-refractivity contribution in [3.8, 4) is 0 Å². The first-order valence-electron chi connectivity index (χ1n) is 19.3. The number of nitrogens with one attached hydrogen (secondary N) is 7. The normalized spacial score (nSPS) is 13.4. The predicted molar refractivity (Wildman–Crippen MR) is 220 cm³/mol. The number of rotatable bonds is 29. The summed E-state index contributed by atoms with van der Waals surface area (Å²) in [5.41, 5.74) is 19.2. The van der Waals surface area contributed by atoms with Crippen molar-refractivity contribution in [1.29, 1.82) is 0 Å². The van der Waals surface area contributed by atoms with Gasteiger partial charge in [0.25, 0.3) is 11.4 Å². The molecule has 28 heteroatoms. The van der Waals surface area contributed by atoms with Crippen LogP contribution in [0.25, 0.3) is 0 Å². The second kappa shape index (κ2) is 26.5. The van der Waals surface area contributed by atoms with Gasteiger partial charge < -0.3 is 65.3 Å². The number of carbonyl (C=O) groups excluding carboxylic acids is 8. The van der Waals surface area contributed by atoms with Crippen LogP contribution < -0.4 is 60.2 Å². The first-order chi connectivity index (χ1) is 29.5. The van der Waals surface area contributed by atoms with Gasteiger partial charge >= 0.3 is 5.97 Å². The average Bonchev–Trinajstić information content (AvgIpc) is 3.21. The number of primary amides is 2. The number of hydrogen-bond donors (Lipinski definition) is 12. The SMILES string of the molecule is CC[C@H](C)[C@H](NC(=O)CNC(=O)[C@H](CCC(N)=O)Nc1ccc([N+](=O)[O-])cc1[N+](=O)[O-])C(=O)N[C@@H](C)C(=O)NCC(=O)N[C@@H](CCC(N)=O)C(=O)N[C@H](CCCN=C(N)N)C(=O)O. The van der Waals surface area contributed by atoms with Gasteiger partial charge in [0.15, 0.2) is 5.96 Å². The number of amides is 8. The van der Waals surface area contributed by atoms with E-state index in [1.165, 1.54) is 6.92 Å². The Hall–Kier alpha value is -7.68. The number of aliphatic imine (C=N–C) groups is 1. The standard InChI is InChI=1S/C35H54N14O14/c1-4-17(2)29(47-28(53)16-42-31(55)21(9-11-25(36)50)44-20-8-7-19(48(60)61)14-24(20)49(62)63)33(57)43-18(3)30(54)41-15-27(52)45-22(10-12-26(37)51)32(56)46-23(34(58)59)6-5-13-40-35(38)39/h7-8,14,17-18,21-23,29,44H,4-6,9-13,15-16H2,1-3H3,(H2,36,50)(H2,37,51)(H,41,54)(H,42,55)(H,43,57)(H,45,52)(H,46,56)(H,47,53)(H,58,59)(H4,38,39,40)/t17-,18-,21-,22-,23+,29-/m0/s1. The first kappa shape index (κ1) is 53.3. The Morgan fingerprint density at radius 3 is 1.81 bits per heavy atom. The van der Waals surface area contributed by atoms with E-state index in [1.807, 2.05) is 0 Å². The van der Waals surface area contributed by atoms with Crippen LogP contribution in [-0.4, -0.2) is 124 Å². The first-order valence-corrected chi connectivity index (χ1v) is 19.3. The lowest BCUT2D eigenvalue weighted by Gasteiger charge is -2.25. The Bertz CT molecular complexity index is 1910. The fourth-order valence-corrected chi connectivity index (χ4v) is 5.39. The second-order valence-corrected chi connectivity index (χ2v) is 14.0. The Balaban J connectivity index is 2.94. The number of anilines is 1. The number of nitrogens with zero attached hydrogens (tertiary/aromatic N) is 3. The number of nitro groups is 2. The van der Waals surface area contributed by atoms with Gasteiger partial charge in [-0.15, -0.1) is 0 Å². The van der Waals surface area contributed by atoms with Crippen LogP contribution in [0.3, 0.4) is 0 Å². The van der Waals surface area contributed by atoms with Gasteiger partial charge in [0, 0.05) is 25.5 Å². The summed E-state index contributed by atoms with van der Waals surface area (Å²) in [4.78, 5) is 137. The molecule has 0 saturated heterocycles. The number of non-ortho nitro benzene ring substituents is 1. The molecule has 1 rings (SSSR count). The molecule has 0 fully saturated rings. The van der Waals surface area contributed by atoms with E-state index in [2.05, 4.69) is 42.2 Å². The van der Waals surface area contributed by atoms with E-state index in [4.69, 9.17) is 22.9 Å². The molecule has 0 spiro atoms.